The number of aromatic nitrogens is 5. The van der Waals surface area contributed by atoms with Crippen molar-refractivity contribution < 1.29 is 4.74 Å². The van der Waals surface area contributed by atoms with Crippen LogP contribution < -0.4 is 10.1 Å². The maximum Gasteiger partial charge on any atom is 0.322 e. The average Bonchev–Trinajstić information content (AvgIpc) is 2.93. The molecule has 114 valence electrons. The Bertz CT molecular complexity index is 579. The van der Waals surface area contributed by atoms with E-state index in [1.807, 2.05) is 13.2 Å². The van der Waals surface area contributed by atoms with Gasteiger partial charge in [-0.05, 0) is 31.4 Å². The lowest BCUT2D eigenvalue weighted by Gasteiger charge is -2.07. The van der Waals surface area contributed by atoms with Crippen molar-refractivity contribution in [1.29, 1.82) is 0 Å². The highest BCUT2D eigenvalue weighted by Crippen LogP contribution is 2.31. The molecule has 0 aromatic carbocycles. The van der Waals surface area contributed by atoms with Gasteiger partial charge in [-0.25, -0.2) is 0 Å². The average molecular weight is 344 g/mol. The Morgan fingerprint density at radius 3 is 2.62 bits per heavy atom. The summed E-state index contributed by atoms with van der Waals surface area (Å²) in [6.07, 6.45) is 2.96. The summed E-state index contributed by atoms with van der Waals surface area (Å²) < 4.78 is 7.10. The normalized spacial score (nSPS) is 10.6. The minimum atomic E-state index is 0.322. The van der Waals surface area contributed by atoms with Gasteiger partial charge in [0, 0.05) is 6.54 Å². The summed E-state index contributed by atoms with van der Waals surface area (Å²) in [7, 11) is 0. The van der Waals surface area contributed by atoms with E-state index in [0.29, 0.717) is 23.7 Å². The van der Waals surface area contributed by atoms with Gasteiger partial charge < -0.3 is 10.1 Å². The van der Waals surface area contributed by atoms with E-state index in [1.165, 1.54) is 23.1 Å². The van der Waals surface area contributed by atoms with Crippen LogP contribution in [0.5, 0.6) is 6.01 Å². The number of hydrogen-bond acceptors (Lipinski definition) is 10. The molecule has 2 rings (SSSR count). The van der Waals surface area contributed by atoms with Gasteiger partial charge in [-0.3, -0.25) is 0 Å². The van der Waals surface area contributed by atoms with E-state index in [1.54, 1.807) is 11.8 Å². The van der Waals surface area contributed by atoms with Gasteiger partial charge in [-0.2, -0.15) is 15.0 Å². The highest BCUT2D eigenvalue weighted by atomic mass is 32.2. The van der Waals surface area contributed by atoms with Crippen molar-refractivity contribution >= 4 is 40.8 Å². The van der Waals surface area contributed by atoms with Gasteiger partial charge in [0.1, 0.15) is 0 Å². The smallest absolute Gasteiger partial charge is 0.322 e. The number of nitrogens with zero attached hydrogens (tertiary/aromatic N) is 5. The third-order valence-corrected chi connectivity index (χ3v) is 4.96. The van der Waals surface area contributed by atoms with E-state index in [4.69, 9.17) is 4.74 Å². The molecule has 21 heavy (non-hydrogen) atoms. The van der Waals surface area contributed by atoms with Crippen molar-refractivity contribution in [1.82, 2.24) is 25.1 Å². The quantitative estimate of drug-likeness (QED) is 0.726. The third-order valence-electron chi connectivity index (χ3n) is 2.14. The van der Waals surface area contributed by atoms with Crippen LogP contribution in [0.4, 0.5) is 5.95 Å². The zero-order valence-corrected chi connectivity index (χ0v) is 14.4. The van der Waals surface area contributed by atoms with Gasteiger partial charge in [0.2, 0.25) is 11.1 Å². The first-order valence-corrected chi connectivity index (χ1v) is 9.29. The Hall–Kier alpha value is -1.13. The van der Waals surface area contributed by atoms with E-state index in [2.05, 4.69) is 37.4 Å². The lowest BCUT2D eigenvalue weighted by molar-refractivity contribution is 0.308. The fourth-order valence-corrected chi connectivity index (χ4v) is 3.58. The predicted molar refractivity (Wildman–Crippen MR) is 85.6 cm³/mol. The molecule has 0 saturated carbocycles. The zero-order valence-electron chi connectivity index (χ0n) is 12.0. The van der Waals surface area contributed by atoms with Crippen LogP contribution in [0.25, 0.3) is 0 Å². The first-order valence-electron chi connectivity index (χ1n) is 6.43. The minimum Gasteiger partial charge on any atom is -0.464 e. The van der Waals surface area contributed by atoms with Crippen molar-refractivity contribution in [3.8, 4) is 6.01 Å². The van der Waals surface area contributed by atoms with Crippen molar-refractivity contribution in [2.75, 3.05) is 24.7 Å². The van der Waals surface area contributed by atoms with Gasteiger partial charge in [0.05, 0.1) is 6.61 Å². The molecule has 2 aromatic heterocycles. The highest BCUT2D eigenvalue weighted by molar-refractivity contribution is 8.02. The van der Waals surface area contributed by atoms with Crippen LogP contribution >= 0.6 is 34.9 Å². The van der Waals surface area contributed by atoms with E-state index in [9.17, 15) is 0 Å². The summed E-state index contributed by atoms with van der Waals surface area (Å²) in [5, 5.41) is 11.8. The largest absolute Gasteiger partial charge is 0.464 e. The Labute approximate surface area is 135 Å². The topological polar surface area (TPSA) is 85.7 Å². The Morgan fingerprint density at radius 2 is 1.95 bits per heavy atom. The Kier molecular flexibility index (Phi) is 6.46. The van der Waals surface area contributed by atoms with E-state index < -0.39 is 0 Å². The summed E-state index contributed by atoms with van der Waals surface area (Å²) in [5.41, 5.74) is 0. The lowest BCUT2D eigenvalue weighted by atomic mass is 10.5. The molecule has 0 amide bonds. The number of anilines is 1. The van der Waals surface area contributed by atoms with E-state index in [0.717, 1.165) is 21.6 Å². The van der Waals surface area contributed by atoms with Gasteiger partial charge in [-0.1, -0.05) is 30.0 Å². The molecule has 0 bridgehead atoms. The molecule has 0 aliphatic carbocycles. The maximum atomic E-state index is 5.38. The van der Waals surface area contributed by atoms with E-state index in [-0.39, 0.29) is 0 Å². The van der Waals surface area contributed by atoms with Crippen LogP contribution in [0.2, 0.25) is 0 Å². The highest BCUT2D eigenvalue weighted by Gasteiger charge is 2.12. The molecule has 0 radical (unpaired) electrons. The van der Waals surface area contributed by atoms with Gasteiger partial charge in [-0.15, -0.1) is 10.2 Å². The van der Waals surface area contributed by atoms with Crippen LogP contribution in [0.15, 0.2) is 13.8 Å². The fraction of sp³-hybridized carbons (Fsp3) is 0.545. The number of thioether (sulfide) groups is 1. The molecule has 0 aliphatic rings. The van der Waals surface area contributed by atoms with Crippen molar-refractivity contribution in [3.05, 3.63) is 0 Å². The van der Waals surface area contributed by atoms with Gasteiger partial charge >= 0.3 is 6.01 Å². The molecule has 2 aromatic rings. The number of hydrogen-bond donors (Lipinski definition) is 1. The van der Waals surface area contributed by atoms with Crippen LogP contribution in [0, 0.1) is 0 Å². The van der Waals surface area contributed by atoms with Crippen molar-refractivity contribution in [2.45, 2.75) is 34.1 Å². The molecule has 0 atom stereocenters. The number of rotatable bonds is 8. The van der Waals surface area contributed by atoms with Crippen LogP contribution in [-0.2, 0) is 0 Å². The van der Waals surface area contributed by atoms with Gasteiger partial charge in [0.25, 0.3) is 0 Å². The standard InChI is InChI=1S/C11H16N6OS3/c1-4-6-12-7-13-8(18-5-2)15-9(14-7)20-11-17-16-10(19-3)21-11/h4-6H2,1-3H3,(H,12,13,14,15). The molecular weight excluding hydrogens is 328 g/mol. The molecular formula is C11H16N6OS3. The van der Waals surface area contributed by atoms with Crippen LogP contribution in [-0.4, -0.2) is 44.6 Å². The summed E-state index contributed by atoms with van der Waals surface area (Å²) in [6.45, 7) is 5.29. The first kappa shape index (κ1) is 16.2. The molecule has 0 unspecified atom stereocenters. The molecule has 0 fully saturated rings. The summed E-state index contributed by atoms with van der Waals surface area (Å²) in [6, 6.07) is 0.322. The molecule has 0 aliphatic heterocycles. The SMILES string of the molecule is CCCNc1nc(OCC)nc(Sc2nnc(SC)s2)n1. The third kappa shape index (κ3) is 4.97. The van der Waals surface area contributed by atoms with Crippen molar-refractivity contribution in [2.24, 2.45) is 0 Å². The second kappa shape index (κ2) is 8.35. The van der Waals surface area contributed by atoms with E-state index >= 15 is 0 Å². The second-order valence-electron chi connectivity index (χ2n) is 3.72. The summed E-state index contributed by atoms with van der Waals surface area (Å²) >= 11 is 4.44. The predicted octanol–water partition coefficient (Wildman–Crippen LogP) is 2.82. The molecule has 1 N–H and O–H groups in total. The molecule has 2 heterocycles. The maximum absolute atomic E-state index is 5.38. The molecule has 10 heteroatoms. The zero-order chi connectivity index (χ0) is 15.1. The molecule has 0 saturated heterocycles. The van der Waals surface area contributed by atoms with Crippen molar-refractivity contribution in [3.63, 3.8) is 0 Å². The van der Waals surface area contributed by atoms with Crippen LogP contribution in [0.3, 0.4) is 0 Å². The summed E-state index contributed by atoms with van der Waals surface area (Å²) in [5.74, 6) is 0.521. The Morgan fingerprint density at radius 1 is 1.14 bits per heavy atom. The molecule has 7 nitrogen and oxygen atoms in total. The lowest BCUT2D eigenvalue weighted by Crippen LogP contribution is -2.08. The first-order chi connectivity index (χ1) is 10.2. The minimum absolute atomic E-state index is 0.322. The number of nitrogens with one attached hydrogen (secondary N) is 1. The second-order valence-corrected chi connectivity index (χ2v) is 6.97. The fourth-order valence-electron chi connectivity index (χ4n) is 1.29. The molecule has 0 spiro atoms. The summed E-state index contributed by atoms with van der Waals surface area (Å²) in [4.78, 5) is 12.9. The number of ether oxygens (including phenoxy) is 1. The van der Waals surface area contributed by atoms with Gasteiger partial charge in [0.15, 0.2) is 8.68 Å². The van der Waals surface area contributed by atoms with Crippen LogP contribution in [0.1, 0.15) is 20.3 Å². The Balaban J connectivity index is 2.17. The monoisotopic (exact) mass is 344 g/mol.